The Kier molecular flexibility index (Phi) is 6.28. The van der Waals surface area contributed by atoms with Crippen LogP contribution in [0.2, 0.25) is 5.02 Å². The molecule has 0 saturated heterocycles. The van der Waals surface area contributed by atoms with Crippen molar-refractivity contribution >= 4 is 17.5 Å². The molecule has 0 aromatic heterocycles. The summed E-state index contributed by atoms with van der Waals surface area (Å²) in [6.45, 7) is 4.04. The van der Waals surface area contributed by atoms with Crippen molar-refractivity contribution in [2.75, 3.05) is 13.7 Å². The van der Waals surface area contributed by atoms with Crippen LogP contribution in [0.1, 0.15) is 25.5 Å². The first-order chi connectivity index (χ1) is 8.95. The van der Waals surface area contributed by atoms with Crippen molar-refractivity contribution in [1.29, 1.82) is 0 Å². The minimum Gasteiger partial charge on any atom is -0.375 e. The Balaban J connectivity index is 2.58. The third-order valence-electron chi connectivity index (χ3n) is 3.19. The quantitative estimate of drug-likeness (QED) is 0.841. The lowest BCUT2D eigenvalue weighted by atomic mass is 10.0. The van der Waals surface area contributed by atoms with E-state index in [-0.39, 0.29) is 24.0 Å². The molecule has 3 N–H and O–H groups in total. The number of halogens is 1. The summed E-state index contributed by atoms with van der Waals surface area (Å²) >= 11 is 5.84. The summed E-state index contributed by atoms with van der Waals surface area (Å²) in [6, 6.07) is 7.21. The predicted molar refractivity (Wildman–Crippen MR) is 77.0 cm³/mol. The number of carbonyl (C=O) groups is 1. The van der Waals surface area contributed by atoms with Crippen molar-refractivity contribution < 1.29 is 9.53 Å². The second kappa shape index (κ2) is 7.48. The van der Waals surface area contributed by atoms with Gasteiger partial charge in [-0.25, -0.2) is 0 Å². The second-order valence-electron chi connectivity index (χ2n) is 4.67. The Morgan fingerprint density at radius 3 is 2.42 bits per heavy atom. The van der Waals surface area contributed by atoms with Gasteiger partial charge in [-0.1, -0.05) is 30.7 Å². The molecular formula is C14H21ClN2O2. The fraction of sp³-hybridized carbons (Fsp3) is 0.500. The third kappa shape index (κ3) is 4.82. The summed E-state index contributed by atoms with van der Waals surface area (Å²) in [5.74, 6) is -0.284. The number of methoxy groups -OCH3 is 1. The van der Waals surface area contributed by atoms with Crippen LogP contribution in [0.3, 0.4) is 0 Å². The monoisotopic (exact) mass is 284 g/mol. The molecule has 1 amide bonds. The van der Waals surface area contributed by atoms with Crippen molar-refractivity contribution in [3.63, 3.8) is 0 Å². The molecule has 3 unspecified atom stereocenters. The number of benzene rings is 1. The van der Waals surface area contributed by atoms with Crippen molar-refractivity contribution in [2.24, 2.45) is 11.7 Å². The Hall–Kier alpha value is -1.10. The van der Waals surface area contributed by atoms with Crippen molar-refractivity contribution in [3.8, 4) is 0 Å². The number of amides is 1. The lowest BCUT2D eigenvalue weighted by Gasteiger charge is -2.20. The first-order valence-corrected chi connectivity index (χ1v) is 6.65. The SMILES string of the molecule is COC(CNC(=O)C(C)C(C)N)c1ccc(Cl)cc1. The van der Waals surface area contributed by atoms with E-state index >= 15 is 0 Å². The summed E-state index contributed by atoms with van der Waals surface area (Å²) < 4.78 is 5.38. The van der Waals surface area contributed by atoms with Gasteiger partial charge in [-0.05, 0) is 24.6 Å². The Labute approximate surface area is 119 Å². The van der Waals surface area contributed by atoms with Crippen LogP contribution in [0.4, 0.5) is 0 Å². The van der Waals surface area contributed by atoms with Crippen LogP contribution in [0.25, 0.3) is 0 Å². The van der Waals surface area contributed by atoms with E-state index < -0.39 is 0 Å². The molecule has 106 valence electrons. The van der Waals surface area contributed by atoms with Gasteiger partial charge in [0.1, 0.15) is 0 Å². The summed E-state index contributed by atoms with van der Waals surface area (Å²) in [4.78, 5) is 11.8. The lowest BCUT2D eigenvalue weighted by molar-refractivity contribution is -0.125. The van der Waals surface area contributed by atoms with Gasteiger partial charge in [0.2, 0.25) is 5.91 Å². The van der Waals surface area contributed by atoms with Gasteiger partial charge in [-0.3, -0.25) is 4.79 Å². The van der Waals surface area contributed by atoms with Crippen molar-refractivity contribution in [1.82, 2.24) is 5.32 Å². The minimum absolute atomic E-state index is 0.0639. The molecule has 19 heavy (non-hydrogen) atoms. The second-order valence-corrected chi connectivity index (χ2v) is 5.11. The number of nitrogens with two attached hydrogens (primary N) is 1. The summed E-state index contributed by atoms with van der Waals surface area (Å²) in [5.41, 5.74) is 6.67. The molecule has 0 aliphatic carbocycles. The van der Waals surface area contributed by atoms with E-state index in [0.717, 1.165) is 5.56 Å². The van der Waals surface area contributed by atoms with E-state index in [1.807, 2.05) is 26.0 Å². The number of nitrogens with one attached hydrogen (secondary N) is 1. The maximum atomic E-state index is 11.8. The molecule has 0 aliphatic heterocycles. The number of hydrogen-bond donors (Lipinski definition) is 2. The molecule has 1 rings (SSSR count). The number of rotatable bonds is 6. The van der Waals surface area contributed by atoms with Gasteiger partial charge in [0.25, 0.3) is 0 Å². The minimum atomic E-state index is -0.220. The largest absolute Gasteiger partial charge is 0.375 e. The van der Waals surface area contributed by atoms with E-state index in [0.29, 0.717) is 11.6 Å². The highest BCUT2D eigenvalue weighted by molar-refractivity contribution is 6.30. The van der Waals surface area contributed by atoms with Crippen molar-refractivity contribution in [2.45, 2.75) is 26.0 Å². The van der Waals surface area contributed by atoms with Crippen molar-refractivity contribution in [3.05, 3.63) is 34.9 Å². The fourth-order valence-corrected chi connectivity index (χ4v) is 1.73. The van der Waals surface area contributed by atoms with Crippen LogP contribution in [0.5, 0.6) is 0 Å². The van der Waals surface area contributed by atoms with Gasteiger partial charge < -0.3 is 15.8 Å². The molecule has 0 saturated carbocycles. The maximum Gasteiger partial charge on any atom is 0.224 e. The van der Waals surface area contributed by atoms with E-state index in [9.17, 15) is 4.79 Å². The molecule has 4 nitrogen and oxygen atoms in total. The van der Waals surface area contributed by atoms with Crippen LogP contribution in [-0.4, -0.2) is 25.6 Å². The normalized spacial score (nSPS) is 15.6. The van der Waals surface area contributed by atoms with Gasteiger partial charge >= 0.3 is 0 Å². The van der Waals surface area contributed by atoms with Gasteiger partial charge in [0, 0.05) is 30.6 Å². The zero-order valence-electron chi connectivity index (χ0n) is 11.5. The molecule has 5 heteroatoms. The zero-order valence-corrected chi connectivity index (χ0v) is 12.3. The summed E-state index contributed by atoms with van der Waals surface area (Å²) in [5, 5.41) is 3.53. The molecule has 0 aliphatic rings. The van der Waals surface area contributed by atoms with E-state index in [4.69, 9.17) is 22.1 Å². The van der Waals surface area contributed by atoms with Gasteiger partial charge in [0.15, 0.2) is 0 Å². The van der Waals surface area contributed by atoms with Crippen LogP contribution in [-0.2, 0) is 9.53 Å². The molecule has 0 spiro atoms. The fourth-order valence-electron chi connectivity index (χ4n) is 1.61. The maximum absolute atomic E-state index is 11.8. The third-order valence-corrected chi connectivity index (χ3v) is 3.44. The molecular weight excluding hydrogens is 264 g/mol. The first-order valence-electron chi connectivity index (χ1n) is 6.27. The molecule has 0 heterocycles. The molecule has 1 aromatic rings. The van der Waals surface area contributed by atoms with Crippen LogP contribution >= 0.6 is 11.6 Å². The summed E-state index contributed by atoms with van der Waals surface area (Å²) in [7, 11) is 1.61. The van der Waals surface area contributed by atoms with E-state index in [1.54, 1.807) is 19.2 Å². The van der Waals surface area contributed by atoms with Gasteiger partial charge in [-0.15, -0.1) is 0 Å². The first kappa shape index (κ1) is 16.0. The molecule has 0 bridgehead atoms. The smallest absolute Gasteiger partial charge is 0.224 e. The molecule has 3 atom stereocenters. The number of hydrogen-bond acceptors (Lipinski definition) is 3. The lowest BCUT2D eigenvalue weighted by Crippen LogP contribution is -2.40. The average Bonchev–Trinajstić information content (AvgIpc) is 2.40. The molecule has 0 fully saturated rings. The number of carbonyl (C=O) groups excluding carboxylic acids is 1. The summed E-state index contributed by atoms with van der Waals surface area (Å²) in [6.07, 6.45) is -0.193. The van der Waals surface area contributed by atoms with Crippen LogP contribution in [0.15, 0.2) is 24.3 Å². The highest BCUT2D eigenvalue weighted by atomic mass is 35.5. The van der Waals surface area contributed by atoms with E-state index in [1.165, 1.54) is 0 Å². The van der Waals surface area contributed by atoms with Crippen LogP contribution in [0, 0.1) is 5.92 Å². The predicted octanol–water partition coefficient (Wildman–Crippen LogP) is 2.13. The van der Waals surface area contributed by atoms with Gasteiger partial charge in [-0.2, -0.15) is 0 Å². The highest BCUT2D eigenvalue weighted by Crippen LogP contribution is 2.18. The highest BCUT2D eigenvalue weighted by Gasteiger charge is 2.18. The Morgan fingerprint density at radius 2 is 1.95 bits per heavy atom. The standard InChI is InChI=1S/C14H21ClN2O2/c1-9(10(2)16)14(18)17-8-13(19-3)11-4-6-12(15)7-5-11/h4-7,9-10,13H,8,16H2,1-3H3,(H,17,18). The average molecular weight is 285 g/mol. The van der Waals surface area contributed by atoms with Crippen LogP contribution < -0.4 is 11.1 Å². The Morgan fingerprint density at radius 1 is 1.37 bits per heavy atom. The topological polar surface area (TPSA) is 64.3 Å². The zero-order chi connectivity index (χ0) is 14.4. The Bertz CT molecular complexity index is 406. The van der Waals surface area contributed by atoms with Gasteiger partial charge in [0.05, 0.1) is 6.10 Å². The molecule has 0 radical (unpaired) electrons. The molecule has 1 aromatic carbocycles. The van der Waals surface area contributed by atoms with E-state index in [2.05, 4.69) is 5.32 Å². The number of ether oxygens (including phenoxy) is 1.